The summed E-state index contributed by atoms with van der Waals surface area (Å²) in [6.07, 6.45) is 3.37. The van der Waals surface area contributed by atoms with Crippen LogP contribution in [-0.2, 0) is 0 Å². The predicted octanol–water partition coefficient (Wildman–Crippen LogP) is 1.86. The summed E-state index contributed by atoms with van der Waals surface area (Å²) in [6, 6.07) is 8.72. The number of nitrogens with zero attached hydrogens (tertiary/aromatic N) is 2. The van der Waals surface area contributed by atoms with E-state index in [0.29, 0.717) is 11.6 Å². The minimum atomic E-state index is -0.318. The van der Waals surface area contributed by atoms with Crippen LogP contribution in [0.2, 0.25) is 0 Å². The molecule has 6 rings (SSSR count). The molecule has 4 heteroatoms. The molecule has 0 spiro atoms. The maximum atomic E-state index is 11.8. The summed E-state index contributed by atoms with van der Waals surface area (Å²) in [5.41, 5.74) is 7.42. The molecule has 4 fully saturated rings. The van der Waals surface area contributed by atoms with Crippen molar-refractivity contribution in [2.75, 3.05) is 19.6 Å². The third-order valence-corrected chi connectivity index (χ3v) is 5.91. The van der Waals surface area contributed by atoms with Crippen LogP contribution in [0.15, 0.2) is 30.5 Å². The minimum Gasteiger partial charge on any atom is -0.366 e. The van der Waals surface area contributed by atoms with Gasteiger partial charge in [0.1, 0.15) is 0 Å². The lowest BCUT2D eigenvalue weighted by Gasteiger charge is -2.35. The first-order valence-electron chi connectivity index (χ1n) is 7.84. The quantitative estimate of drug-likeness (QED) is 0.913. The van der Waals surface area contributed by atoms with Crippen LogP contribution in [-0.4, -0.2) is 35.0 Å². The van der Waals surface area contributed by atoms with E-state index >= 15 is 0 Å². The number of primary amides is 1. The smallest absolute Gasteiger partial charge is 0.250 e. The number of carbonyl (C=O) groups is 1. The predicted molar refractivity (Wildman–Crippen MR) is 81.0 cm³/mol. The molecule has 1 aromatic carbocycles. The molecule has 3 saturated heterocycles. The van der Waals surface area contributed by atoms with E-state index in [-0.39, 0.29) is 5.91 Å². The van der Waals surface area contributed by atoms with Crippen LogP contribution < -0.4 is 5.73 Å². The van der Waals surface area contributed by atoms with E-state index in [9.17, 15) is 4.79 Å². The third kappa shape index (κ3) is 1.46. The third-order valence-electron chi connectivity index (χ3n) is 5.91. The van der Waals surface area contributed by atoms with Crippen molar-refractivity contribution in [2.24, 2.45) is 23.5 Å². The van der Waals surface area contributed by atoms with Gasteiger partial charge in [0.25, 0.3) is 5.91 Å². The second-order valence-corrected chi connectivity index (χ2v) is 6.96. The number of hydrogen-bond acceptors (Lipinski definition) is 2. The van der Waals surface area contributed by atoms with E-state index in [1.165, 1.54) is 31.6 Å². The zero-order valence-corrected chi connectivity index (χ0v) is 11.9. The molecule has 4 heterocycles. The molecule has 1 unspecified atom stereocenters. The van der Waals surface area contributed by atoms with E-state index in [4.69, 9.17) is 5.73 Å². The summed E-state index contributed by atoms with van der Waals surface area (Å²) in [5.74, 6) is 2.02. The molecular formula is C17H19N3O. The monoisotopic (exact) mass is 281 g/mol. The lowest BCUT2D eigenvalue weighted by atomic mass is 9.93. The molecule has 2 aromatic rings. The summed E-state index contributed by atoms with van der Waals surface area (Å²) in [6.45, 7) is 3.72. The summed E-state index contributed by atoms with van der Waals surface area (Å²) < 4.78 is 2.37. The number of fused-ring (bicyclic) bond motifs is 1. The van der Waals surface area contributed by atoms with Gasteiger partial charge in [0, 0.05) is 42.8 Å². The molecule has 5 atom stereocenters. The van der Waals surface area contributed by atoms with Gasteiger partial charge in [-0.15, -0.1) is 0 Å². The number of rotatable bonds is 2. The Balaban J connectivity index is 1.70. The van der Waals surface area contributed by atoms with E-state index < -0.39 is 0 Å². The summed E-state index contributed by atoms with van der Waals surface area (Å²) in [4.78, 5) is 14.4. The molecular weight excluding hydrogens is 262 g/mol. The number of aromatic nitrogens is 1. The van der Waals surface area contributed by atoms with Gasteiger partial charge in [-0.3, -0.25) is 4.79 Å². The fourth-order valence-corrected chi connectivity index (χ4v) is 5.25. The zero-order valence-electron chi connectivity index (χ0n) is 11.9. The highest BCUT2D eigenvalue weighted by Crippen LogP contribution is 2.54. The maximum absolute atomic E-state index is 11.8. The molecule has 4 aliphatic rings. The Labute approximate surface area is 123 Å². The van der Waals surface area contributed by atoms with Crippen molar-refractivity contribution in [1.29, 1.82) is 0 Å². The molecule has 4 bridgehead atoms. The molecule has 108 valence electrons. The van der Waals surface area contributed by atoms with Crippen LogP contribution in [0.25, 0.3) is 10.9 Å². The number of carbonyl (C=O) groups excluding carboxylic acids is 1. The standard InChI is InChI=1S/C17H19N3O/c18-17(21)14-9-20(15-4-2-1-3-12(14)15)16-11-5-10-6-19(7-11)8-13(10)16/h1-4,9-11,13,16H,5-8H2,(H2,18,21)/t10-,11+,13+,16+/m1/s1. The Morgan fingerprint density at radius 3 is 2.76 bits per heavy atom. The number of benzene rings is 1. The lowest BCUT2D eigenvalue weighted by molar-refractivity contribution is 0.100. The van der Waals surface area contributed by atoms with Gasteiger partial charge in [-0.05, 0) is 30.2 Å². The zero-order chi connectivity index (χ0) is 14.1. The largest absolute Gasteiger partial charge is 0.366 e. The fourth-order valence-electron chi connectivity index (χ4n) is 5.25. The van der Waals surface area contributed by atoms with Crippen LogP contribution in [0.5, 0.6) is 0 Å². The van der Waals surface area contributed by atoms with E-state index in [1.807, 2.05) is 18.3 Å². The van der Waals surface area contributed by atoms with Gasteiger partial charge in [0.05, 0.1) is 5.56 Å². The molecule has 1 amide bonds. The normalized spacial score (nSPS) is 36.7. The first-order chi connectivity index (χ1) is 10.2. The van der Waals surface area contributed by atoms with Crippen LogP contribution in [0.3, 0.4) is 0 Å². The van der Waals surface area contributed by atoms with Crippen molar-refractivity contribution in [3.8, 4) is 0 Å². The molecule has 1 aliphatic carbocycles. The van der Waals surface area contributed by atoms with Crippen LogP contribution in [0, 0.1) is 17.8 Å². The SMILES string of the molecule is NC(=O)c1cn([C@H]2[C@H]3C[C@@H]4CN(C3)C[C@@H]42)c2ccccc12. The van der Waals surface area contributed by atoms with Crippen molar-refractivity contribution >= 4 is 16.8 Å². The van der Waals surface area contributed by atoms with Gasteiger partial charge in [-0.2, -0.15) is 0 Å². The molecule has 21 heavy (non-hydrogen) atoms. The minimum absolute atomic E-state index is 0.318. The Bertz CT molecular complexity index is 746. The van der Waals surface area contributed by atoms with Crippen LogP contribution in [0.4, 0.5) is 0 Å². The molecule has 2 N–H and O–H groups in total. The van der Waals surface area contributed by atoms with Crippen LogP contribution in [0.1, 0.15) is 22.8 Å². The van der Waals surface area contributed by atoms with Gasteiger partial charge in [-0.25, -0.2) is 0 Å². The van der Waals surface area contributed by atoms with Crippen molar-refractivity contribution in [2.45, 2.75) is 12.5 Å². The van der Waals surface area contributed by atoms with Crippen molar-refractivity contribution < 1.29 is 4.79 Å². The second-order valence-electron chi connectivity index (χ2n) is 6.96. The second kappa shape index (κ2) is 3.89. The summed E-state index contributed by atoms with van der Waals surface area (Å²) in [7, 11) is 0. The maximum Gasteiger partial charge on any atom is 0.250 e. The highest BCUT2D eigenvalue weighted by molar-refractivity contribution is 6.06. The molecule has 1 saturated carbocycles. The van der Waals surface area contributed by atoms with E-state index in [1.54, 1.807) is 0 Å². The topological polar surface area (TPSA) is 51.3 Å². The van der Waals surface area contributed by atoms with Gasteiger partial charge in [0.15, 0.2) is 0 Å². The average Bonchev–Trinajstić information content (AvgIpc) is 3.06. The summed E-state index contributed by atoms with van der Waals surface area (Å²) >= 11 is 0. The lowest BCUT2D eigenvalue weighted by Crippen LogP contribution is -2.39. The van der Waals surface area contributed by atoms with Gasteiger partial charge in [0.2, 0.25) is 0 Å². The number of hydrogen-bond donors (Lipinski definition) is 1. The number of piperidine rings is 2. The van der Waals surface area contributed by atoms with Crippen molar-refractivity contribution in [3.63, 3.8) is 0 Å². The number of para-hydroxylation sites is 1. The average molecular weight is 281 g/mol. The molecule has 1 aromatic heterocycles. The first-order valence-corrected chi connectivity index (χ1v) is 7.84. The highest BCUT2D eigenvalue weighted by atomic mass is 16.1. The van der Waals surface area contributed by atoms with Crippen molar-refractivity contribution in [3.05, 3.63) is 36.0 Å². The van der Waals surface area contributed by atoms with E-state index in [0.717, 1.165) is 23.1 Å². The Kier molecular flexibility index (Phi) is 2.19. The Morgan fingerprint density at radius 2 is 1.95 bits per heavy atom. The Hall–Kier alpha value is -1.81. The van der Waals surface area contributed by atoms with Gasteiger partial charge in [-0.1, -0.05) is 18.2 Å². The number of nitrogens with two attached hydrogens (primary N) is 1. The van der Waals surface area contributed by atoms with Gasteiger partial charge >= 0.3 is 0 Å². The molecule has 0 radical (unpaired) electrons. The van der Waals surface area contributed by atoms with Gasteiger partial charge < -0.3 is 15.2 Å². The van der Waals surface area contributed by atoms with Crippen LogP contribution >= 0.6 is 0 Å². The molecule has 3 aliphatic heterocycles. The Morgan fingerprint density at radius 1 is 1.14 bits per heavy atom. The van der Waals surface area contributed by atoms with E-state index in [2.05, 4.69) is 21.6 Å². The summed E-state index contributed by atoms with van der Waals surface area (Å²) in [5, 5.41) is 1.00. The fraction of sp³-hybridized carbons (Fsp3) is 0.471. The molecule has 4 nitrogen and oxygen atoms in total. The number of amides is 1. The highest BCUT2D eigenvalue weighted by Gasteiger charge is 2.53. The first kappa shape index (κ1) is 11.8. The van der Waals surface area contributed by atoms with Crippen molar-refractivity contribution in [1.82, 2.24) is 9.47 Å².